The maximum Gasteiger partial charge on any atom is 0.328 e. The minimum atomic E-state index is -2.06. The van der Waals surface area contributed by atoms with Gasteiger partial charge in [0.25, 0.3) is 11.8 Å². The van der Waals surface area contributed by atoms with Crippen molar-refractivity contribution in [3.05, 3.63) is 82.0 Å². The van der Waals surface area contributed by atoms with E-state index < -0.39 is 115 Å². The zero-order valence-corrected chi connectivity index (χ0v) is 40.1. The molecule has 2 aromatic carbocycles. The number of rotatable bonds is 29. The summed E-state index contributed by atoms with van der Waals surface area (Å²) in [4.78, 5) is 145. The number of nitrogens with zero attached hydrogens (tertiary/aromatic N) is 7. The number of carbonyl (C=O) groups is 10. The molecule has 30 nitrogen and oxygen atoms in total. The molecule has 0 aliphatic rings. The van der Waals surface area contributed by atoms with Crippen LogP contribution < -0.4 is 43.0 Å². The summed E-state index contributed by atoms with van der Waals surface area (Å²) < 4.78 is 4.76. The van der Waals surface area contributed by atoms with Crippen molar-refractivity contribution in [2.75, 3.05) is 24.7 Å². The lowest BCUT2D eigenvalue weighted by Gasteiger charge is -2.25. The molecular formula is C45H53N15O15. The number of aliphatic carboxylic acids is 3. The van der Waals surface area contributed by atoms with E-state index in [0.717, 1.165) is 7.11 Å². The van der Waals surface area contributed by atoms with Gasteiger partial charge in [-0.05, 0) is 74.5 Å². The lowest BCUT2D eigenvalue weighted by molar-refractivity contribution is -0.146. The summed E-state index contributed by atoms with van der Waals surface area (Å²) in [5, 5.41) is 59.2. The molecule has 2 heterocycles. The van der Waals surface area contributed by atoms with Crippen LogP contribution in [-0.4, -0.2) is 144 Å². The molecule has 13 N–H and O–H groups in total. The number of azide groups is 1. The van der Waals surface area contributed by atoms with Gasteiger partial charge in [-0.3, -0.25) is 43.2 Å². The van der Waals surface area contributed by atoms with Crippen molar-refractivity contribution >= 4 is 87.8 Å². The predicted octanol–water partition coefficient (Wildman–Crippen LogP) is 0.297. The molecule has 2 aromatic heterocycles. The summed E-state index contributed by atoms with van der Waals surface area (Å²) in [6.45, 7) is 1.88. The summed E-state index contributed by atoms with van der Waals surface area (Å²) in [5.74, 6) is -12.2. The molecule has 30 heteroatoms. The zero-order valence-electron chi connectivity index (χ0n) is 40.1. The Balaban J connectivity index is 1.29. The van der Waals surface area contributed by atoms with Crippen LogP contribution in [0.1, 0.15) is 84.7 Å². The molecule has 0 unspecified atom stereocenters. The summed E-state index contributed by atoms with van der Waals surface area (Å²) in [6, 6.07) is 4.11. The first-order chi connectivity index (χ1) is 35.6. The molecule has 398 valence electrons. The molecule has 0 fully saturated rings. The van der Waals surface area contributed by atoms with E-state index in [1.807, 2.05) is 10.6 Å². The molecule has 0 radical (unpaired) electrons. The van der Waals surface area contributed by atoms with Crippen LogP contribution in [0.15, 0.2) is 59.8 Å². The predicted molar refractivity (Wildman–Crippen MR) is 259 cm³/mol. The number of nitrogens with two attached hydrogens (primary N) is 1. The third-order valence-corrected chi connectivity index (χ3v) is 10.6. The van der Waals surface area contributed by atoms with Gasteiger partial charge < -0.3 is 68.1 Å². The average molecular weight is 1040 g/mol. The number of aromatic hydroxyl groups is 1. The second kappa shape index (κ2) is 28.3. The van der Waals surface area contributed by atoms with Crippen LogP contribution in [0, 0.1) is 0 Å². The maximum absolute atomic E-state index is 13.5. The van der Waals surface area contributed by atoms with Crippen LogP contribution in [0.5, 0.6) is 5.88 Å². The lowest BCUT2D eigenvalue weighted by Crippen LogP contribution is -2.58. The number of benzene rings is 2. The van der Waals surface area contributed by atoms with Gasteiger partial charge in [0.2, 0.25) is 35.5 Å². The number of amides is 6. The minimum absolute atomic E-state index is 0.0107. The summed E-state index contributed by atoms with van der Waals surface area (Å²) in [7, 11) is 1.02. The number of fused-ring (bicyclic) bond motifs is 1. The first-order valence-electron chi connectivity index (χ1n) is 22.7. The largest absolute Gasteiger partial charge is 0.492 e. The molecule has 0 saturated heterocycles. The molecule has 6 amide bonds. The number of esters is 1. The number of unbranched alkanes of at least 4 members (excludes halogenated alkanes) is 1. The van der Waals surface area contributed by atoms with Crippen molar-refractivity contribution in [1.29, 1.82) is 0 Å². The smallest absolute Gasteiger partial charge is 0.328 e. The third-order valence-electron chi connectivity index (χ3n) is 10.6. The summed E-state index contributed by atoms with van der Waals surface area (Å²) in [5.41, 5.74) is 16.1. The van der Waals surface area contributed by atoms with Crippen molar-refractivity contribution in [1.82, 2.24) is 51.8 Å². The SMILES string of the molecule is COC(=O)[C@H](CCCCNC(=O)c1ccc(N=[N+]=[N-])cc1)NC(=O)[C@H](CC(=O)O)NC(=O)[C@H](CC(=O)O)NC(=O)[C@H](CC(=O)O)NC(=O)CC[C@@H](C)NC(=O)c1ccc(NCc2cnc3nc(N)nc(O)c3n2)cc1. The molecule has 0 aliphatic heterocycles. The standard InChI is InChI=1S/C45H53N15O15/c1-22(51-39(69)24-7-11-25(12-8-24)49-20-27-21-50-37-36(52-27)43(73)58-45(46)57-37)6-15-32(61)53-29(17-33(62)63)40(70)55-31(19-35(66)67)42(72)56-30(18-34(64)65)41(71)54-28(44(74)75-2)5-3-4-16-48-38(68)23-9-13-26(14-10-23)59-60-47/h7-14,21-22,28-31,49H,3-6,15-20H2,1-2H3,(H,48,68)(H,51,69)(H,53,61)(H,54,71)(H,55,70)(H,56,72)(H,62,63)(H,64,65)(H,66,67)(H3,46,50,57,58,73)/t22-,28+,29+,30+,31+/m1/s1. The van der Waals surface area contributed by atoms with Gasteiger partial charge in [0, 0.05) is 46.4 Å². The number of carboxylic acid groups (broad SMARTS) is 3. The Morgan fingerprint density at radius 1 is 0.707 bits per heavy atom. The Labute approximate surface area is 424 Å². The van der Waals surface area contributed by atoms with Gasteiger partial charge in [-0.25, -0.2) is 14.8 Å². The Kier molecular flexibility index (Phi) is 21.9. The van der Waals surface area contributed by atoms with E-state index in [1.54, 1.807) is 19.1 Å². The van der Waals surface area contributed by atoms with Gasteiger partial charge in [0.05, 0.1) is 44.8 Å². The highest BCUT2D eigenvalue weighted by atomic mass is 16.5. The van der Waals surface area contributed by atoms with Crippen LogP contribution in [-0.2, 0) is 49.6 Å². The lowest BCUT2D eigenvalue weighted by atomic mass is 10.1. The highest BCUT2D eigenvalue weighted by Gasteiger charge is 2.34. The quantitative estimate of drug-likeness (QED) is 0.0114. The summed E-state index contributed by atoms with van der Waals surface area (Å²) in [6.07, 6.45) is -1.83. The second-order valence-corrected chi connectivity index (χ2v) is 16.4. The Morgan fingerprint density at radius 2 is 1.25 bits per heavy atom. The fourth-order valence-electron chi connectivity index (χ4n) is 6.83. The molecule has 0 spiro atoms. The number of aromatic nitrogens is 4. The molecule has 0 saturated carbocycles. The Morgan fingerprint density at radius 3 is 1.81 bits per heavy atom. The number of hydrogen-bond donors (Lipinski definition) is 12. The van der Waals surface area contributed by atoms with E-state index >= 15 is 0 Å². The number of nitrogen functional groups attached to an aromatic ring is 1. The Bertz CT molecular complexity index is 2810. The van der Waals surface area contributed by atoms with Crippen LogP contribution >= 0.6 is 0 Å². The number of ether oxygens (including phenoxy) is 1. The maximum atomic E-state index is 13.5. The monoisotopic (exact) mass is 1040 g/mol. The van der Waals surface area contributed by atoms with Gasteiger partial charge in [0.15, 0.2) is 11.2 Å². The first-order valence-corrected chi connectivity index (χ1v) is 22.7. The Hall–Kier alpha value is -9.73. The fraction of sp³-hybridized carbons (Fsp3) is 0.378. The fourth-order valence-corrected chi connectivity index (χ4v) is 6.83. The first kappa shape index (κ1) is 57.8. The van der Waals surface area contributed by atoms with E-state index in [2.05, 4.69) is 56.5 Å². The molecule has 75 heavy (non-hydrogen) atoms. The van der Waals surface area contributed by atoms with Gasteiger partial charge in [-0.2, -0.15) is 9.97 Å². The van der Waals surface area contributed by atoms with Gasteiger partial charge in [-0.15, -0.1) is 0 Å². The molecule has 4 rings (SSSR count). The van der Waals surface area contributed by atoms with Crippen LogP contribution in [0.25, 0.3) is 21.6 Å². The van der Waals surface area contributed by atoms with Gasteiger partial charge in [-0.1, -0.05) is 17.2 Å². The number of methoxy groups -OCH3 is 1. The minimum Gasteiger partial charge on any atom is -0.492 e. The molecule has 0 aliphatic carbocycles. The van der Waals surface area contributed by atoms with Crippen LogP contribution in [0.4, 0.5) is 17.3 Å². The number of anilines is 2. The zero-order chi connectivity index (χ0) is 55.2. The number of nitrogens with one attached hydrogen (secondary N) is 7. The number of carbonyl (C=O) groups excluding carboxylic acids is 7. The van der Waals surface area contributed by atoms with Crippen molar-refractivity contribution in [2.24, 2.45) is 5.11 Å². The highest BCUT2D eigenvalue weighted by Crippen LogP contribution is 2.19. The van der Waals surface area contributed by atoms with Crippen molar-refractivity contribution < 1.29 is 73.1 Å². The van der Waals surface area contributed by atoms with E-state index in [0.29, 0.717) is 17.1 Å². The molecule has 4 aromatic rings. The van der Waals surface area contributed by atoms with E-state index in [-0.39, 0.29) is 73.4 Å². The van der Waals surface area contributed by atoms with E-state index in [4.69, 9.17) is 16.0 Å². The highest BCUT2D eigenvalue weighted by molar-refractivity contribution is 5.99. The van der Waals surface area contributed by atoms with E-state index in [1.165, 1.54) is 42.6 Å². The number of hydrogen-bond acceptors (Lipinski definition) is 19. The van der Waals surface area contributed by atoms with Crippen molar-refractivity contribution in [3.63, 3.8) is 0 Å². The normalized spacial score (nSPS) is 12.7. The van der Waals surface area contributed by atoms with Crippen molar-refractivity contribution in [2.45, 2.75) is 95.0 Å². The van der Waals surface area contributed by atoms with Gasteiger partial charge in [0.1, 0.15) is 24.2 Å². The van der Waals surface area contributed by atoms with Crippen molar-refractivity contribution in [3.8, 4) is 5.88 Å². The molecule has 5 atom stereocenters. The topological polar surface area (TPSA) is 471 Å². The number of carboxylic acids is 3. The van der Waals surface area contributed by atoms with Gasteiger partial charge >= 0.3 is 23.9 Å². The van der Waals surface area contributed by atoms with Crippen LogP contribution in [0.3, 0.4) is 0 Å². The summed E-state index contributed by atoms with van der Waals surface area (Å²) >= 11 is 0. The van der Waals surface area contributed by atoms with E-state index in [9.17, 15) is 68.4 Å². The third kappa shape index (κ3) is 19.1. The second-order valence-electron chi connectivity index (χ2n) is 16.4. The molecular weight excluding hydrogens is 991 g/mol. The van der Waals surface area contributed by atoms with Crippen LogP contribution in [0.2, 0.25) is 0 Å². The average Bonchev–Trinajstić information content (AvgIpc) is 3.36. The molecule has 0 bridgehead atoms.